The fourth-order valence-electron chi connectivity index (χ4n) is 3.32. The van der Waals surface area contributed by atoms with Crippen LogP contribution in [-0.2, 0) is 22.9 Å². The van der Waals surface area contributed by atoms with Gasteiger partial charge in [0.05, 0.1) is 21.8 Å². The number of sulfonamides is 1. The summed E-state index contributed by atoms with van der Waals surface area (Å²) in [4.78, 5) is 12.5. The van der Waals surface area contributed by atoms with Crippen LogP contribution in [0.2, 0.25) is 5.02 Å². The highest BCUT2D eigenvalue weighted by molar-refractivity contribution is 7.92. The summed E-state index contributed by atoms with van der Waals surface area (Å²) >= 11 is 6.18. The maximum Gasteiger partial charge on any atom is 0.261 e. The third kappa shape index (κ3) is 3.99. The van der Waals surface area contributed by atoms with Crippen LogP contribution in [0.5, 0.6) is 0 Å². The van der Waals surface area contributed by atoms with E-state index in [1.165, 1.54) is 23.9 Å². The van der Waals surface area contributed by atoms with E-state index in [0.29, 0.717) is 17.0 Å². The molecule has 2 aromatic carbocycles. The Balaban J connectivity index is 1.57. The van der Waals surface area contributed by atoms with Crippen LogP contribution in [0.3, 0.4) is 0 Å². The molecule has 29 heavy (non-hydrogen) atoms. The van der Waals surface area contributed by atoms with Crippen molar-refractivity contribution in [2.75, 3.05) is 10.0 Å². The number of carbonyl (C=O) groups excluding carboxylic acids is 1. The third-order valence-corrected chi connectivity index (χ3v) is 6.54. The lowest BCUT2D eigenvalue weighted by atomic mass is 10.1. The van der Waals surface area contributed by atoms with Crippen LogP contribution < -0.4 is 10.0 Å². The van der Waals surface area contributed by atoms with Crippen molar-refractivity contribution in [2.45, 2.75) is 31.1 Å². The molecule has 0 saturated heterocycles. The minimum absolute atomic E-state index is 0.173. The predicted octanol–water partition coefficient (Wildman–Crippen LogP) is 4.18. The Labute approximate surface area is 173 Å². The fourth-order valence-corrected chi connectivity index (χ4v) is 4.66. The monoisotopic (exact) mass is 431 g/mol. The van der Waals surface area contributed by atoms with Gasteiger partial charge < -0.3 is 9.84 Å². The van der Waals surface area contributed by atoms with Crippen molar-refractivity contribution in [3.05, 3.63) is 70.1 Å². The van der Waals surface area contributed by atoms with E-state index in [0.717, 1.165) is 24.8 Å². The highest BCUT2D eigenvalue weighted by Crippen LogP contribution is 2.30. The lowest BCUT2D eigenvalue weighted by Gasteiger charge is -2.13. The van der Waals surface area contributed by atoms with Crippen molar-refractivity contribution in [1.82, 2.24) is 5.16 Å². The number of nitrogens with zero attached hydrogens (tertiary/aromatic N) is 1. The molecule has 0 saturated carbocycles. The average Bonchev–Trinajstić information content (AvgIpc) is 3.32. The van der Waals surface area contributed by atoms with Gasteiger partial charge in [-0.2, -0.15) is 0 Å². The second kappa shape index (κ2) is 7.53. The molecule has 0 aliphatic heterocycles. The molecular weight excluding hydrogens is 414 g/mol. The summed E-state index contributed by atoms with van der Waals surface area (Å²) in [5.41, 5.74) is 3.10. The van der Waals surface area contributed by atoms with E-state index in [9.17, 15) is 13.2 Å². The first-order valence-corrected chi connectivity index (χ1v) is 10.9. The van der Waals surface area contributed by atoms with Crippen molar-refractivity contribution >= 4 is 38.9 Å². The SMILES string of the molecule is Cc1oncc1C(=O)Nc1ccc(Cl)c(NS(=O)(=O)c2ccc3c(c2)CCC3)c1. The van der Waals surface area contributed by atoms with Crippen LogP contribution in [0.4, 0.5) is 11.4 Å². The smallest absolute Gasteiger partial charge is 0.261 e. The second-order valence-electron chi connectivity index (χ2n) is 6.83. The number of anilines is 2. The van der Waals surface area contributed by atoms with E-state index in [2.05, 4.69) is 15.2 Å². The molecule has 4 rings (SSSR count). The highest BCUT2D eigenvalue weighted by atomic mass is 35.5. The predicted molar refractivity (Wildman–Crippen MR) is 110 cm³/mol. The molecule has 1 amide bonds. The van der Waals surface area contributed by atoms with E-state index < -0.39 is 15.9 Å². The zero-order valence-electron chi connectivity index (χ0n) is 15.5. The lowest BCUT2D eigenvalue weighted by Crippen LogP contribution is -2.15. The first-order chi connectivity index (χ1) is 13.8. The molecule has 7 nitrogen and oxygen atoms in total. The summed E-state index contributed by atoms with van der Waals surface area (Å²) in [6.07, 6.45) is 4.20. The van der Waals surface area contributed by atoms with Crippen LogP contribution in [0, 0.1) is 6.92 Å². The first kappa shape index (κ1) is 19.5. The molecule has 2 N–H and O–H groups in total. The van der Waals surface area contributed by atoms with Crippen LogP contribution in [-0.4, -0.2) is 19.5 Å². The molecule has 1 aromatic heterocycles. The van der Waals surface area contributed by atoms with E-state index in [4.69, 9.17) is 16.1 Å². The summed E-state index contributed by atoms with van der Waals surface area (Å²) in [5.74, 6) is -0.0347. The minimum atomic E-state index is -3.82. The van der Waals surface area contributed by atoms with Crippen LogP contribution in [0.15, 0.2) is 52.0 Å². The Morgan fingerprint density at radius 3 is 2.69 bits per heavy atom. The van der Waals surface area contributed by atoms with E-state index in [-0.39, 0.29) is 15.6 Å². The lowest BCUT2D eigenvalue weighted by molar-refractivity contribution is 0.102. The number of hydrogen-bond acceptors (Lipinski definition) is 5. The molecule has 0 fully saturated rings. The molecule has 0 unspecified atom stereocenters. The van der Waals surface area contributed by atoms with E-state index >= 15 is 0 Å². The Morgan fingerprint density at radius 2 is 1.93 bits per heavy atom. The van der Waals surface area contributed by atoms with Crippen molar-refractivity contribution in [1.29, 1.82) is 0 Å². The number of carbonyl (C=O) groups is 1. The standard InChI is InChI=1S/C20H18ClN3O4S/c1-12-17(11-22-28-12)20(25)23-15-6-8-18(21)19(10-15)24-29(26,27)16-7-5-13-3-2-4-14(13)9-16/h5-11,24H,2-4H2,1H3,(H,23,25). The van der Waals surface area contributed by atoms with Crippen LogP contribution >= 0.6 is 11.6 Å². The number of aryl methyl sites for hydroxylation is 3. The van der Waals surface area contributed by atoms with Gasteiger partial charge in [-0.1, -0.05) is 22.8 Å². The van der Waals surface area contributed by atoms with Gasteiger partial charge in [0.2, 0.25) is 0 Å². The number of amides is 1. The molecule has 0 bridgehead atoms. The molecular formula is C20H18ClN3O4S. The van der Waals surface area contributed by atoms with Gasteiger partial charge in [-0.3, -0.25) is 9.52 Å². The number of fused-ring (bicyclic) bond motifs is 1. The summed E-state index contributed by atoms with van der Waals surface area (Å²) in [6.45, 7) is 1.62. The van der Waals surface area contributed by atoms with Gasteiger partial charge in [0.1, 0.15) is 11.3 Å². The Morgan fingerprint density at radius 1 is 1.14 bits per heavy atom. The zero-order chi connectivity index (χ0) is 20.6. The number of halogens is 1. The fraction of sp³-hybridized carbons (Fsp3) is 0.200. The number of benzene rings is 2. The number of rotatable bonds is 5. The summed E-state index contributed by atoms with van der Waals surface area (Å²) in [6, 6.07) is 9.72. The topological polar surface area (TPSA) is 101 Å². The van der Waals surface area contributed by atoms with Crippen molar-refractivity contribution in [3.8, 4) is 0 Å². The molecule has 0 atom stereocenters. The van der Waals surface area contributed by atoms with Crippen molar-refractivity contribution in [3.63, 3.8) is 0 Å². The number of hydrogen-bond donors (Lipinski definition) is 2. The maximum atomic E-state index is 12.8. The van der Waals surface area contributed by atoms with E-state index in [1.54, 1.807) is 25.1 Å². The molecule has 3 aromatic rings. The summed E-state index contributed by atoms with van der Waals surface area (Å²) in [7, 11) is -3.82. The minimum Gasteiger partial charge on any atom is -0.361 e. The molecule has 0 radical (unpaired) electrons. The number of aromatic nitrogens is 1. The molecule has 9 heteroatoms. The molecule has 150 valence electrons. The molecule has 0 spiro atoms. The Hall–Kier alpha value is -2.84. The van der Waals surface area contributed by atoms with Crippen molar-refractivity contribution < 1.29 is 17.7 Å². The summed E-state index contributed by atoms with van der Waals surface area (Å²) in [5, 5.41) is 6.47. The quantitative estimate of drug-likeness (QED) is 0.631. The van der Waals surface area contributed by atoms with Crippen LogP contribution in [0.25, 0.3) is 0 Å². The molecule has 1 aliphatic rings. The van der Waals surface area contributed by atoms with Gasteiger partial charge in [-0.05, 0) is 67.6 Å². The summed E-state index contributed by atoms with van der Waals surface area (Å²) < 4.78 is 33.1. The zero-order valence-corrected chi connectivity index (χ0v) is 17.1. The first-order valence-electron chi connectivity index (χ1n) is 9.00. The normalized spacial score (nSPS) is 13.2. The highest BCUT2D eigenvalue weighted by Gasteiger charge is 2.20. The molecule has 1 aliphatic carbocycles. The van der Waals surface area contributed by atoms with Gasteiger partial charge in [0.25, 0.3) is 15.9 Å². The Bertz CT molecular complexity index is 1200. The van der Waals surface area contributed by atoms with Crippen LogP contribution in [0.1, 0.15) is 33.7 Å². The second-order valence-corrected chi connectivity index (χ2v) is 8.92. The Kier molecular flexibility index (Phi) is 5.06. The average molecular weight is 432 g/mol. The van der Waals surface area contributed by atoms with E-state index in [1.807, 2.05) is 6.07 Å². The van der Waals surface area contributed by atoms with Gasteiger partial charge in [-0.25, -0.2) is 8.42 Å². The van der Waals surface area contributed by atoms with Gasteiger partial charge in [-0.15, -0.1) is 0 Å². The maximum absolute atomic E-state index is 12.8. The van der Waals surface area contributed by atoms with Gasteiger partial charge >= 0.3 is 0 Å². The van der Waals surface area contributed by atoms with Crippen molar-refractivity contribution in [2.24, 2.45) is 0 Å². The van der Waals surface area contributed by atoms with Gasteiger partial charge in [0.15, 0.2) is 0 Å². The third-order valence-electron chi connectivity index (χ3n) is 4.84. The molecule has 1 heterocycles. The largest absolute Gasteiger partial charge is 0.361 e. The van der Waals surface area contributed by atoms with Gasteiger partial charge in [0, 0.05) is 5.69 Å². The number of nitrogens with one attached hydrogen (secondary N) is 2.